The highest BCUT2D eigenvalue weighted by Crippen LogP contribution is 2.20. The molecule has 1 N–H and O–H groups in total. The number of hydrogen-bond donors (Lipinski definition) is 1. The maximum atomic E-state index is 11.5. The third-order valence-corrected chi connectivity index (χ3v) is 3.62. The average molecular weight is 246 g/mol. The van der Waals surface area contributed by atoms with Gasteiger partial charge in [-0.1, -0.05) is 24.3 Å². The summed E-state index contributed by atoms with van der Waals surface area (Å²) in [5.74, 6) is 0.193. The molecule has 0 saturated heterocycles. The van der Waals surface area contributed by atoms with Crippen LogP contribution in [-0.4, -0.2) is 37.5 Å². The fourth-order valence-corrected chi connectivity index (χ4v) is 2.48. The van der Waals surface area contributed by atoms with Crippen molar-refractivity contribution in [2.45, 2.75) is 31.7 Å². The number of carbonyl (C=O) groups is 1. The van der Waals surface area contributed by atoms with E-state index < -0.39 is 0 Å². The summed E-state index contributed by atoms with van der Waals surface area (Å²) >= 11 is 0. The number of nitrogens with zero attached hydrogens (tertiary/aromatic N) is 1. The van der Waals surface area contributed by atoms with Gasteiger partial charge >= 0.3 is 0 Å². The highest BCUT2D eigenvalue weighted by Gasteiger charge is 2.17. The molecule has 1 aromatic rings. The lowest BCUT2D eigenvalue weighted by Gasteiger charge is -2.25. The van der Waals surface area contributed by atoms with Gasteiger partial charge in [-0.15, -0.1) is 0 Å². The van der Waals surface area contributed by atoms with Crippen molar-refractivity contribution in [3.63, 3.8) is 0 Å². The van der Waals surface area contributed by atoms with Gasteiger partial charge in [0.1, 0.15) is 0 Å². The monoisotopic (exact) mass is 246 g/mol. The van der Waals surface area contributed by atoms with Crippen LogP contribution in [0.25, 0.3) is 0 Å². The Balaban J connectivity index is 1.78. The van der Waals surface area contributed by atoms with Crippen LogP contribution in [0.15, 0.2) is 24.3 Å². The molecule has 3 nitrogen and oxygen atoms in total. The van der Waals surface area contributed by atoms with Gasteiger partial charge in [0.2, 0.25) is 5.91 Å². The summed E-state index contributed by atoms with van der Waals surface area (Å²) < 4.78 is 0. The minimum atomic E-state index is 0.193. The molecular formula is C15H22N2O. The lowest BCUT2D eigenvalue weighted by Crippen LogP contribution is -2.37. The molecule has 1 unspecified atom stereocenters. The van der Waals surface area contributed by atoms with Crippen molar-refractivity contribution in [3.8, 4) is 0 Å². The second kappa shape index (κ2) is 6.01. The molecule has 0 aliphatic heterocycles. The summed E-state index contributed by atoms with van der Waals surface area (Å²) in [5.41, 5.74) is 2.94. The van der Waals surface area contributed by atoms with E-state index in [1.807, 2.05) is 0 Å². The van der Waals surface area contributed by atoms with Crippen LogP contribution in [0, 0.1) is 0 Å². The van der Waals surface area contributed by atoms with Gasteiger partial charge in [-0.2, -0.15) is 0 Å². The summed E-state index contributed by atoms with van der Waals surface area (Å²) in [6, 6.07) is 9.18. The summed E-state index contributed by atoms with van der Waals surface area (Å²) in [7, 11) is 3.61. The predicted octanol–water partition coefficient (Wildman–Crippen LogP) is 1.61. The topological polar surface area (TPSA) is 32.3 Å². The Labute approximate surface area is 109 Å². The zero-order valence-corrected chi connectivity index (χ0v) is 11.3. The van der Waals surface area contributed by atoms with Crippen LogP contribution in [0.5, 0.6) is 0 Å². The molecule has 18 heavy (non-hydrogen) atoms. The van der Waals surface area contributed by atoms with E-state index in [9.17, 15) is 4.79 Å². The smallest absolute Gasteiger partial charge is 0.223 e. The summed E-state index contributed by atoms with van der Waals surface area (Å²) in [6.07, 6.45) is 4.00. The zero-order valence-electron chi connectivity index (χ0n) is 11.3. The molecule has 1 aliphatic carbocycles. The Morgan fingerprint density at radius 1 is 1.33 bits per heavy atom. The summed E-state index contributed by atoms with van der Waals surface area (Å²) in [6.45, 7) is 0.782. The zero-order chi connectivity index (χ0) is 13.0. The molecule has 2 rings (SSSR count). The molecule has 1 aliphatic rings. The van der Waals surface area contributed by atoms with Gasteiger partial charge in [0, 0.05) is 33.1 Å². The molecule has 0 bridgehead atoms. The molecule has 0 aromatic heterocycles. The first-order valence-electron chi connectivity index (χ1n) is 6.67. The first-order valence-corrected chi connectivity index (χ1v) is 6.67. The second-order valence-corrected chi connectivity index (χ2v) is 5.20. The van der Waals surface area contributed by atoms with Gasteiger partial charge in [-0.05, 0) is 30.4 Å². The lowest BCUT2D eigenvalue weighted by molar-refractivity contribution is -0.128. The number of aryl methyl sites for hydroxylation is 1. The Morgan fingerprint density at radius 2 is 2.06 bits per heavy atom. The third kappa shape index (κ3) is 3.33. The molecule has 0 heterocycles. The highest BCUT2D eigenvalue weighted by atomic mass is 16.2. The molecule has 0 radical (unpaired) electrons. The minimum absolute atomic E-state index is 0.193. The van der Waals surface area contributed by atoms with Crippen LogP contribution in [0.1, 0.15) is 24.0 Å². The molecule has 1 amide bonds. The molecule has 0 spiro atoms. The quantitative estimate of drug-likeness (QED) is 0.875. The van der Waals surface area contributed by atoms with Crippen molar-refractivity contribution in [2.24, 2.45) is 0 Å². The maximum absolute atomic E-state index is 11.5. The van der Waals surface area contributed by atoms with Gasteiger partial charge in [0.25, 0.3) is 0 Å². The Kier molecular flexibility index (Phi) is 4.37. The number of amides is 1. The fourth-order valence-electron chi connectivity index (χ4n) is 2.48. The van der Waals surface area contributed by atoms with Crippen molar-refractivity contribution >= 4 is 5.91 Å². The molecule has 3 heteroatoms. The first kappa shape index (κ1) is 13.1. The van der Waals surface area contributed by atoms with E-state index in [0.29, 0.717) is 12.5 Å². The van der Waals surface area contributed by atoms with Crippen molar-refractivity contribution in [3.05, 3.63) is 35.4 Å². The summed E-state index contributed by atoms with van der Waals surface area (Å²) in [4.78, 5) is 13.1. The molecule has 1 atom stereocenters. The van der Waals surface area contributed by atoms with Crippen LogP contribution in [-0.2, 0) is 17.6 Å². The third-order valence-electron chi connectivity index (χ3n) is 3.62. The predicted molar refractivity (Wildman–Crippen MR) is 73.6 cm³/mol. The number of fused-ring (bicyclic) bond motifs is 1. The number of carbonyl (C=O) groups excluding carboxylic acids is 1. The second-order valence-electron chi connectivity index (χ2n) is 5.20. The van der Waals surface area contributed by atoms with Crippen LogP contribution in [0.4, 0.5) is 0 Å². The van der Waals surface area contributed by atoms with E-state index in [-0.39, 0.29) is 5.91 Å². The number of hydrogen-bond acceptors (Lipinski definition) is 2. The van der Waals surface area contributed by atoms with Crippen molar-refractivity contribution in [1.29, 1.82) is 0 Å². The van der Waals surface area contributed by atoms with Crippen LogP contribution < -0.4 is 5.32 Å². The first-order chi connectivity index (χ1) is 8.66. The van der Waals surface area contributed by atoms with Crippen LogP contribution >= 0.6 is 0 Å². The number of nitrogens with one attached hydrogen (secondary N) is 1. The van der Waals surface area contributed by atoms with Gasteiger partial charge in [-0.3, -0.25) is 4.79 Å². The molecule has 98 valence electrons. The van der Waals surface area contributed by atoms with E-state index in [0.717, 1.165) is 19.4 Å². The van der Waals surface area contributed by atoms with Gasteiger partial charge in [0.15, 0.2) is 0 Å². The standard InChI is InChI=1S/C15H22N2O/c1-17(2)15(18)9-10-16-14-8-7-12-5-3-4-6-13(12)11-14/h3-6,14,16H,7-11H2,1-2H3. The lowest BCUT2D eigenvalue weighted by atomic mass is 9.88. The van der Waals surface area contributed by atoms with Crippen LogP contribution in [0.2, 0.25) is 0 Å². The number of benzene rings is 1. The summed E-state index contributed by atoms with van der Waals surface area (Å²) in [5, 5.41) is 3.50. The average Bonchev–Trinajstić information content (AvgIpc) is 2.38. The van der Waals surface area contributed by atoms with E-state index >= 15 is 0 Å². The van der Waals surface area contributed by atoms with Crippen molar-refractivity contribution < 1.29 is 4.79 Å². The Bertz CT molecular complexity index is 415. The van der Waals surface area contributed by atoms with Gasteiger partial charge in [-0.25, -0.2) is 0 Å². The van der Waals surface area contributed by atoms with Crippen molar-refractivity contribution in [1.82, 2.24) is 10.2 Å². The molecule has 0 saturated carbocycles. The van der Waals surface area contributed by atoms with Gasteiger partial charge < -0.3 is 10.2 Å². The normalized spacial score (nSPS) is 18.2. The fraction of sp³-hybridized carbons (Fsp3) is 0.533. The molecule has 1 aromatic carbocycles. The minimum Gasteiger partial charge on any atom is -0.349 e. The SMILES string of the molecule is CN(C)C(=O)CCNC1CCc2ccccc2C1. The highest BCUT2D eigenvalue weighted by molar-refractivity contribution is 5.75. The van der Waals surface area contributed by atoms with E-state index in [2.05, 4.69) is 29.6 Å². The Morgan fingerprint density at radius 3 is 2.78 bits per heavy atom. The van der Waals surface area contributed by atoms with E-state index in [1.165, 1.54) is 17.5 Å². The number of rotatable bonds is 4. The van der Waals surface area contributed by atoms with E-state index in [4.69, 9.17) is 0 Å². The van der Waals surface area contributed by atoms with E-state index in [1.54, 1.807) is 19.0 Å². The Hall–Kier alpha value is -1.35. The van der Waals surface area contributed by atoms with Crippen LogP contribution in [0.3, 0.4) is 0 Å². The van der Waals surface area contributed by atoms with Gasteiger partial charge in [0.05, 0.1) is 0 Å². The molecule has 0 fully saturated rings. The molecular weight excluding hydrogens is 224 g/mol. The maximum Gasteiger partial charge on any atom is 0.223 e. The van der Waals surface area contributed by atoms with Crippen molar-refractivity contribution in [2.75, 3.05) is 20.6 Å². The largest absolute Gasteiger partial charge is 0.349 e.